The van der Waals surface area contributed by atoms with Crippen molar-refractivity contribution in [3.05, 3.63) is 42.1 Å². The lowest BCUT2D eigenvalue weighted by molar-refractivity contribution is -0.0746. The van der Waals surface area contributed by atoms with Gasteiger partial charge in [0.2, 0.25) is 0 Å². The average molecular weight is 297 g/mol. The summed E-state index contributed by atoms with van der Waals surface area (Å²) in [6, 6.07) is 10.2. The highest BCUT2D eigenvalue weighted by Gasteiger charge is 2.30. The minimum Gasteiger partial charge on any atom is -0.378 e. The van der Waals surface area contributed by atoms with Crippen molar-refractivity contribution in [2.75, 3.05) is 39.4 Å². The van der Waals surface area contributed by atoms with Gasteiger partial charge >= 0.3 is 0 Å². The molecule has 0 N–H and O–H groups in total. The third-order valence-electron chi connectivity index (χ3n) is 4.59. The molecule has 22 heavy (non-hydrogen) atoms. The van der Waals surface area contributed by atoms with Crippen LogP contribution in [0.15, 0.2) is 36.5 Å². The van der Waals surface area contributed by atoms with E-state index in [2.05, 4.69) is 9.88 Å². The Morgan fingerprint density at radius 2 is 1.95 bits per heavy atom. The maximum Gasteiger partial charge on any atom is 0.253 e. The molecule has 0 spiro atoms. The summed E-state index contributed by atoms with van der Waals surface area (Å²) in [6.07, 6.45) is 1.77. The second-order valence-corrected chi connectivity index (χ2v) is 5.93. The third-order valence-corrected chi connectivity index (χ3v) is 4.59. The van der Waals surface area contributed by atoms with Gasteiger partial charge in [0.05, 0.1) is 24.8 Å². The Morgan fingerprint density at radius 1 is 1.14 bits per heavy atom. The van der Waals surface area contributed by atoms with Gasteiger partial charge in [-0.1, -0.05) is 6.07 Å². The number of ether oxygens (including phenoxy) is 1. The van der Waals surface area contributed by atoms with Gasteiger partial charge in [-0.15, -0.1) is 0 Å². The standard InChI is InChI=1S/C17H19N3O2/c21-17(14-3-4-16-13(10-14)2-1-5-18-16)20-8-6-19(7-9-20)15-11-22-12-15/h1-5,10,15H,6-9,11-12H2. The molecule has 0 radical (unpaired) electrons. The van der Waals surface area contributed by atoms with Gasteiger partial charge in [0.15, 0.2) is 0 Å². The van der Waals surface area contributed by atoms with Gasteiger partial charge in [-0.05, 0) is 24.3 Å². The number of hydrogen-bond donors (Lipinski definition) is 0. The summed E-state index contributed by atoms with van der Waals surface area (Å²) in [7, 11) is 0. The first-order chi connectivity index (χ1) is 10.8. The fraction of sp³-hybridized carbons (Fsp3) is 0.412. The largest absolute Gasteiger partial charge is 0.378 e. The molecule has 3 heterocycles. The summed E-state index contributed by atoms with van der Waals surface area (Å²) in [5.41, 5.74) is 1.68. The predicted molar refractivity (Wildman–Crippen MR) is 83.8 cm³/mol. The Bertz CT molecular complexity index is 691. The number of nitrogens with zero attached hydrogens (tertiary/aromatic N) is 3. The highest BCUT2D eigenvalue weighted by atomic mass is 16.5. The van der Waals surface area contributed by atoms with Crippen molar-refractivity contribution in [3.8, 4) is 0 Å². The van der Waals surface area contributed by atoms with Gasteiger partial charge in [-0.25, -0.2) is 0 Å². The molecule has 5 nitrogen and oxygen atoms in total. The van der Waals surface area contributed by atoms with Gasteiger partial charge < -0.3 is 9.64 Å². The summed E-state index contributed by atoms with van der Waals surface area (Å²) >= 11 is 0. The van der Waals surface area contributed by atoms with Gasteiger partial charge in [0, 0.05) is 43.3 Å². The smallest absolute Gasteiger partial charge is 0.253 e. The first-order valence-corrected chi connectivity index (χ1v) is 7.77. The summed E-state index contributed by atoms with van der Waals surface area (Å²) in [4.78, 5) is 21.3. The van der Waals surface area contributed by atoms with E-state index in [0.29, 0.717) is 6.04 Å². The van der Waals surface area contributed by atoms with E-state index >= 15 is 0 Å². The van der Waals surface area contributed by atoms with Crippen LogP contribution >= 0.6 is 0 Å². The van der Waals surface area contributed by atoms with Gasteiger partial charge in [-0.2, -0.15) is 0 Å². The topological polar surface area (TPSA) is 45.7 Å². The van der Waals surface area contributed by atoms with Crippen LogP contribution in [0.3, 0.4) is 0 Å². The quantitative estimate of drug-likeness (QED) is 0.840. The van der Waals surface area contributed by atoms with E-state index in [1.807, 2.05) is 35.2 Å². The van der Waals surface area contributed by atoms with Crippen LogP contribution in [0.2, 0.25) is 0 Å². The molecule has 2 aliphatic rings. The monoisotopic (exact) mass is 297 g/mol. The molecule has 5 heteroatoms. The predicted octanol–water partition coefficient (Wildman–Crippen LogP) is 1.39. The summed E-state index contributed by atoms with van der Waals surface area (Å²) in [5, 5.41) is 1.01. The number of benzene rings is 1. The summed E-state index contributed by atoms with van der Waals surface area (Å²) < 4.78 is 5.24. The van der Waals surface area contributed by atoms with E-state index < -0.39 is 0 Å². The molecule has 2 aliphatic heterocycles. The molecular weight excluding hydrogens is 278 g/mol. The van der Waals surface area contributed by atoms with Crippen LogP contribution in [0, 0.1) is 0 Å². The molecule has 1 amide bonds. The summed E-state index contributed by atoms with van der Waals surface area (Å²) in [5.74, 6) is 0.121. The normalized spacial score (nSPS) is 20.1. The molecule has 0 atom stereocenters. The van der Waals surface area contributed by atoms with Crippen molar-refractivity contribution >= 4 is 16.8 Å². The van der Waals surface area contributed by atoms with Gasteiger partial charge in [0.1, 0.15) is 0 Å². The molecule has 1 aromatic carbocycles. The van der Waals surface area contributed by atoms with Crippen LogP contribution in [0.1, 0.15) is 10.4 Å². The van der Waals surface area contributed by atoms with Crippen molar-refractivity contribution < 1.29 is 9.53 Å². The number of fused-ring (bicyclic) bond motifs is 1. The van der Waals surface area contributed by atoms with Crippen molar-refractivity contribution in [2.45, 2.75) is 6.04 Å². The molecule has 2 saturated heterocycles. The van der Waals surface area contributed by atoms with E-state index in [4.69, 9.17) is 4.74 Å². The molecule has 0 saturated carbocycles. The van der Waals surface area contributed by atoms with Crippen LogP contribution < -0.4 is 0 Å². The van der Waals surface area contributed by atoms with E-state index in [1.165, 1.54) is 0 Å². The van der Waals surface area contributed by atoms with Crippen LogP contribution in [-0.2, 0) is 4.74 Å². The fourth-order valence-electron chi connectivity index (χ4n) is 3.12. The van der Waals surface area contributed by atoms with Crippen LogP contribution in [0.5, 0.6) is 0 Å². The number of amides is 1. The molecule has 114 valence electrons. The number of hydrogen-bond acceptors (Lipinski definition) is 4. The lowest BCUT2D eigenvalue weighted by Gasteiger charge is -2.42. The molecular formula is C17H19N3O2. The molecule has 2 aromatic rings. The zero-order chi connectivity index (χ0) is 14.9. The lowest BCUT2D eigenvalue weighted by atomic mass is 10.1. The highest BCUT2D eigenvalue weighted by Crippen LogP contribution is 2.17. The second-order valence-electron chi connectivity index (χ2n) is 5.93. The minimum absolute atomic E-state index is 0.121. The summed E-state index contributed by atoms with van der Waals surface area (Å²) in [6.45, 7) is 5.14. The average Bonchev–Trinajstić information content (AvgIpc) is 2.53. The number of carbonyl (C=O) groups is 1. The molecule has 4 rings (SSSR count). The Hall–Kier alpha value is -1.98. The van der Waals surface area contributed by atoms with Crippen molar-refractivity contribution in [1.82, 2.24) is 14.8 Å². The van der Waals surface area contributed by atoms with Gasteiger partial charge in [-0.3, -0.25) is 14.7 Å². The molecule has 0 aliphatic carbocycles. The van der Waals surface area contributed by atoms with E-state index in [-0.39, 0.29) is 5.91 Å². The van der Waals surface area contributed by atoms with Crippen LogP contribution in [0.4, 0.5) is 0 Å². The van der Waals surface area contributed by atoms with E-state index in [1.54, 1.807) is 6.20 Å². The zero-order valence-electron chi connectivity index (χ0n) is 12.4. The van der Waals surface area contributed by atoms with E-state index in [9.17, 15) is 4.79 Å². The fourth-order valence-corrected chi connectivity index (χ4v) is 3.12. The van der Waals surface area contributed by atoms with Crippen molar-refractivity contribution in [2.24, 2.45) is 0 Å². The molecule has 2 fully saturated rings. The lowest BCUT2D eigenvalue weighted by Crippen LogP contribution is -2.57. The Balaban J connectivity index is 1.46. The molecule has 0 unspecified atom stereocenters. The molecule has 1 aromatic heterocycles. The number of piperazine rings is 1. The van der Waals surface area contributed by atoms with E-state index in [0.717, 1.165) is 55.9 Å². The number of pyridine rings is 1. The zero-order valence-corrected chi connectivity index (χ0v) is 12.4. The maximum atomic E-state index is 12.7. The first-order valence-electron chi connectivity index (χ1n) is 7.77. The van der Waals surface area contributed by atoms with Gasteiger partial charge in [0.25, 0.3) is 5.91 Å². The van der Waals surface area contributed by atoms with Crippen LogP contribution in [-0.4, -0.2) is 66.1 Å². The second kappa shape index (κ2) is 5.66. The maximum absolute atomic E-state index is 12.7. The number of rotatable bonds is 2. The minimum atomic E-state index is 0.121. The molecule has 0 bridgehead atoms. The number of carbonyl (C=O) groups excluding carboxylic acids is 1. The highest BCUT2D eigenvalue weighted by molar-refractivity contribution is 5.98. The Kier molecular flexibility index (Phi) is 3.52. The third kappa shape index (κ3) is 2.46. The Morgan fingerprint density at radius 3 is 2.68 bits per heavy atom. The Labute approximate surface area is 129 Å². The first kappa shape index (κ1) is 13.7. The SMILES string of the molecule is O=C(c1ccc2ncccc2c1)N1CCN(C2COC2)CC1. The van der Waals surface area contributed by atoms with Crippen LogP contribution in [0.25, 0.3) is 10.9 Å². The number of aromatic nitrogens is 1. The van der Waals surface area contributed by atoms with Crippen molar-refractivity contribution in [1.29, 1.82) is 0 Å². The van der Waals surface area contributed by atoms with Crippen molar-refractivity contribution in [3.63, 3.8) is 0 Å².